The minimum atomic E-state index is -0.883. The van der Waals surface area contributed by atoms with Gasteiger partial charge in [0.05, 0.1) is 0 Å². The Bertz CT molecular complexity index is 558. The molecule has 0 unspecified atom stereocenters. The molecule has 0 radical (unpaired) electrons. The third kappa shape index (κ3) is 5.77. The summed E-state index contributed by atoms with van der Waals surface area (Å²) in [5.74, 6) is -1.47. The summed E-state index contributed by atoms with van der Waals surface area (Å²) in [6.45, 7) is 3.80. The summed E-state index contributed by atoms with van der Waals surface area (Å²) >= 11 is 3.34. The number of phenolic OH excluding ortho intramolecular Hbond substituents is 1. The number of aromatic hydroxyl groups is 1. The number of carbonyl (C=O) groups excluding carboxylic acids is 2. The van der Waals surface area contributed by atoms with Crippen LogP contribution >= 0.6 is 15.9 Å². The van der Waals surface area contributed by atoms with Crippen LogP contribution in [0.1, 0.15) is 5.56 Å². The molecule has 5 N–H and O–H groups in total. The van der Waals surface area contributed by atoms with Crippen LogP contribution in [0.3, 0.4) is 0 Å². The van der Waals surface area contributed by atoms with E-state index in [0.29, 0.717) is 31.7 Å². The van der Waals surface area contributed by atoms with Gasteiger partial charge in [-0.15, -0.1) is 0 Å². The number of hydrogen-bond acceptors (Lipinski definition) is 5. The first kappa shape index (κ1) is 18.7. The molecule has 1 aromatic rings. The van der Waals surface area contributed by atoms with Gasteiger partial charge in [0, 0.05) is 43.7 Å². The van der Waals surface area contributed by atoms with Crippen molar-refractivity contribution in [1.29, 1.82) is 0 Å². The van der Waals surface area contributed by atoms with E-state index < -0.39 is 5.92 Å². The van der Waals surface area contributed by atoms with E-state index >= 15 is 0 Å². The lowest BCUT2D eigenvalue weighted by molar-refractivity contribution is -0.135. The van der Waals surface area contributed by atoms with Crippen LogP contribution in [0.25, 0.3) is 0 Å². The lowest BCUT2D eigenvalue weighted by Gasteiger charge is -2.17. The van der Waals surface area contributed by atoms with Crippen LogP contribution in [0.5, 0.6) is 5.75 Å². The second kappa shape index (κ2) is 9.61. The predicted molar refractivity (Wildman–Crippen MR) is 94.8 cm³/mol. The Morgan fingerprint density at radius 3 is 2.08 bits per heavy atom. The van der Waals surface area contributed by atoms with Crippen molar-refractivity contribution in [3.63, 3.8) is 0 Å². The zero-order chi connectivity index (χ0) is 17.4. The van der Waals surface area contributed by atoms with Gasteiger partial charge in [0.1, 0.15) is 11.7 Å². The largest absolute Gasteiger partial charge is 0.508 e. The van der Waals surface area contributed by atoms with Crippen LogP contribution in [0, 0.1) is 5.92 Å². The molecule has 2 rings (SSSR count). The fourth-order valence-electron chi connectivity index (χ4n) is 2.46. The first-order valence-corrected chi connectivity index (χ1v) is 8.81. The first-order chi connectivity index (χ1) is 11.6. The number of hydrogen-bond donors (Lipinski definition) is 5. The van der Waals surface area contributed by atoms with Crippen molar-refractivity contribution in [1.82, 2.24) is 21.3 Å². The molecule has 1 aliphatic rings. The maximum atomic E-state index is 12.4. The number of benzene rings is 1. The van der Waals surface area contributed by atoms with Crippen molar-refractivity contribution in [2.45, 2.75) is 6.42 Å². The van der Waals surface area contributed by atoms with Crippen LogP contribution in [-0.2, 0) is 16.0 Å². The molecule has 0 saturated carbocycles. The van der Waals surface area contributed by atoms with Gasteiger partial charge in [0.2, 0.25) is 11.8 Å². The van der Waals surface area contributed by atoms with E-state index in [-0.39, 0.29) is 24.0 Å². The SMILES string of the molecule is O=C1NCCNCCNCCNC(=O)C1Cc1cc(Br)ccc1O. The molecule has 1 saturated heterocycles. The third-order valence-electron chi connectivity index (χ3n) is 3.78. The van der Waals surface area contributed by atoms with Crippen molar-refractivity contribution >= 4 is 27.7 Å². The molecular weight excluding hydrogens is 376 g/mol. The van der Waals surface area contributed by atoms with E-state index in [1.807, 2.05) is 0 Å². The van der Waals surface area contributed by atoms with Crippen molar-refractivity contribution in [3.8, 4) is 5.75 Å². The highest BCUT2D eigenvalue weighted by Crippen LogP contribution is 2.24. The van der Waals surface area contributed by atoms with Crippen LogP contribution in [0.2, 0.25) is 0 Å². The number of phenols is 1. The summed E-state index contributed by atoms with van der Waals surface area (Å²) in [5.41, 5.74) is 0.556. The summed E-state index contributed by atoms with van der Waals surface area (Å²) in [4.78, 5) is 24.8. The van der Waals surface area contributed by atoms with E-state index in [1.54, 1.807) is 18.2 Å². The fourth-order valence-corrected chi connectivity index (χ4v) is 2.87. The summed E-state index contributed by atoms with van der Waals surface area (Å²) in [5, 5.41) is 22.0. The molecule has 1 aliphatic heterocycles. The summed E-state index contributed by atoms with van der Waals surface area (Å²) < 4.78 is 0.786. The highest BCUT2D eigenvalue weighted by molar-refractivity contribution is 9.10. The van der Waals surface area contributed by atoms with Crippen molar-refractivity contribution < 1.29 is 14.7 Å². The standard InChI is InChI=1S/C16H23BrN4O3/c17-12-1-2-14(22)11(9-12)10-13-15(23)20-7-5-18-3-4-19-6-8-21-16(13)24/h1-2,9,13,18-19,22H,3-8,10H2,(H,20,23)(H,21,24). The van der Waals surface area contributed by atoms with Crippen LogP contribution < -0.4 is 21.3 Å². The van der Waals surface area contributed by atoms with Crippen LogP contribution in [0.15, 0.2) is 22.7 Å². The average molecular weight is 399 g/mol. The monoisotopic (exact) mass is 398 g/mol. The molecule has 0 spiro atoms. The molecule has 7 nitrogen and oxygen atoms in total. The van der Waals surface area contributed by atoms with Gasteiger partial charge in [-0.05, 0) is 30.2 Å². The quantitative estimate of drug-likeness (QED) is 0.441. The van der Waals surface area contributed by atoms with E-state index in [0.717, 1.165) is 17.6 Å². The van der Waals surface area contributed by atoms with Gasteiger partial charge in [-0.3, -0.25) is 9.59 Å². The Morgan fingerprint density at radius 2 is 1.50 bits per heavy atom. The topological polar surface area (TPSA) is 102 Å². The van der Waals surface area contributed by atoms with E-state index in [9.17, 15) is 14.7 Å². The Labute approximate surface area is 149 Å². The number of halogens is 1. The van der Waals surface area contributed by atoms with Gasteiger partial charge in [0.25, 0.3) is 0 Å². The number of nitrogens with one attached hydrogen (secondary N) is 4. The van der Waals surface area contributed by atoms with Gasteiger partial charge in [-0.1, -0.05) is 15.9 Å². The molecule has 1 fully saturated rings. The molecule has 2 amide bonds. The van der Waals surface area contributed by atoms with Crippen molar-refractivity contribution in [2.24, 2.45) is 5.92 Å². The molecule has 0 aliphatic carbocycles. The Morgan fingerprint density at radius 1 is 0.958 bits per heavy atom. The maximum Gasteiger partial charge on any atom is 0.232 e. The molecule has 1 heterocycles. The summed E-state index contributed by atoms with van der Waals surface area (Å²) in [6, 6.07) is 4.98. The van der Waals surface area contributed by atoms with Crippen molar-refractivity contribution in [2.75, 3.05) is 39.3 Å². The average Bonchev–Trinajstić information content (AvgIpc) is 2.57. The zero-order valence-electron chi connectivity index (χ0n) is 13.4. The fraction of sp³-hybridized carbons (Fsp3) is 0.500. The van der Waals surface area contributed by atoms with Gasteiger partial charge < -0.3 is 26.4 Å². The normalized spacial score (nSPS) is 18.7. The second-order valence-electron chi connectivity index (χ2n) is 5.61. The van der Waals surface area contributed by atoms with Crippen LogP contribution in [0.4, 0.5) is 0 Å². The first-order valence-electron chi connectivity index (χ1n) is 8.02. The molecule has 8 heteroatoms. The minimum absolute atomic E-state index is 0.0741. The molecule has 0 bridgehead atoms. The molecule has 132 valence electrons. The van der Waals surface area contributed by atoms with Crippen molar-refractivity contribution in [3.05, 3.63) is 28.2 Å². The molecule has 0 atom stereocenters. The number of amides is 2. The Hall–Kier alpha value is -1.64. The third-order valence-corrected chi connectivity index (χ3v) is 4.27. The zero-order valence-corrected chi connectivity index (χ0v) is 15.0. The van der Waals surface area contributed by atoms with E-state index in [4.69, 9.17) is 0 Å². The lowest BCUT2D eigenvalue weighted by atomic mass is 9.96. The lowest BCUT2D eigenvalue weighted by Crippen LogP contribution is -2.44. The molecule has 1 aromatic carbocycles. The summed E-state index contributed by atoms with van der Waals surface area (Å²) in [6.07, 6.45) is 0.143. The van der Waals surface area contributed by atoms with Gasteiger partial charge in [-0.2, -0.15) is 0 Å². The van der Waals surface area contributed by atoms with E-state index in [1.165, 1.54) is 0 Å². The highest BCUT2D eigenvalue weighted by Gasteiger charge is 2.27. The highest BCUT2D eigenvalue weighted by atomic mass is 79.9. The Balaban J connectivity index is 2.12. The number of carbonyl (C=O) groups is 2. The molecular formula is C16H23BrN4O3. The second-order valence-corrected chi connectivity index (χ2v) is 6.53. The number of rotatable bonds is 2. The van der Waals surface area contributed by atoms with Gasteiger partial charge in [0.15, 0.2) is 0 Å². The summed E-state index contributed by atoms with van der Waals surface area (Å²) in [7, 11) is 0. The van der Waals surface area contributed by atoms with E-state index in [2.05, 4.69) is 37.2 Å². The molecule has 24 heavy (non-hydrogen) atoms. The van der Waals surface area contributed by atoms with Gasteiger partial charge >= 0.3 is 0 Å². The molecule has 0 aromatic heterocycles. The van der Waals surface area contributed by atoms with Crippen LogP contribution in [-0.4, -0.2) is 56.2 Å². The maximum absolute atomic E-state index is 12.4. The smallest absolute Gasteiger partial charge is 0.232 e. The minimum Gasteiger partial charge on any atom is -0.508 e. The predicted octanol–water partition coefficient (Wildman–Crippen LogP) is -0.261. The Kier molecular flexibility index (Phi) is 7.48. The van der Waals surface area contributed by atoms with Gasteiger partial charge in [-0.25, -0.2) is 0 Å².